The van der Waals surface area contributed by atoms with Crippen molar-refractivity contribution in [3.8, 4) is 23.2 Å². The highest BCUT2D eigenvalue weighted by molar-refractivity contribution is 5.96. The number of aliphatic hydroxyl groups is 2. The van der Waals surface area contributed by atoms with Gasteiger partial charge in [-0.3, -0.25) is 14.6 Å². The molecule has 0 fully saturated rings. The van der Waals surface area contributed by atoms with Crippen LogP contribution in [0.2, 0.25) is 0 Å². The summed E-state index contributed by atoms with van der Waals surface area (Å²) in [5, 5.41) is 33.1. The van der Waals surface area contributed by atoms with Crippen molar-refractivity contribution >= 4 is 23.2 Å². The van der Waals surface area contributed by atoms with E-state index in [9.17, 15) is 72.5 Å². The van der Waals surface area contributed by atoms with E-state index in [4.69, 9.17) is 20.3 Å². The van der Waals surface area contributed by atoms with Gasteiger partial charge < -0.3 is 40.3 Å². The zero-order valence-corrected chi connectivity index (χ0v) is 41.0. The number of carbonyl (C=O) groups is 2. The Morgan fingerprint density at radius 1 is 0.588 bits per heavy atom. The second-order valence-electron chi connectivity index (χ2n) is 18.9. The molecule has 2 aliphatic rings. The highest BCUT2D eigenvalue weighted by atomic mass is 19.4. The van der Waals surface area contributed by atoms with E-state index in [1.165, 1.54) is 24.3 Å². The number of anilines is 2. The molecule has 8 bridgehead atoms. The SMILES string of the molecule is Nc1cc(C(F)(F)F)c2nc1-c1nnc(o1)[C@@](O)(C(F)(F)F)CCCCCN(Cc1cccc(CC[n+]3nc4oc3[C@@](O)(C(F)(F)F)CCCCCN(Cc3ccc(C(F)(F)F)nc3)C(=O)c3nc-4c(N)cc3C(F)(F)F)c1)C2=O. The summed E-state index contributed by atoms with van der Waals surface area (Å²) in [7, 11) is 0. The molecule has 0 unspecified atom stereocenters. The Morgan fingerprint density at radius 2 is 1.11 bits per heavy atom. The van der Waals surface area contributed by atoms with Crippen molar-refractivity contribution in [2.24, 2.45) is 0 Å². The second-order valence-corrected chi connectivity index (χ2v) is 18.9. The quantitative estimate of drug-likeness (QED) is 0.0861. The van der Waals surface area contributed by atoms with E-state index in [1.807, 2.05) is 0 Å². The number of amides is 2. The zero-order valence-electron chi connectivity index (χ0n) is 41.0. The van der Waals surface area contributed by atoms with Crippen LogP contribution in [0, 0.1) is 0 Å². The van der Waals surface area contributed by atoms with Crippen LogP contribution in [0.1, 0.15) is 118 Å². The third kappa shape index (κ3) is 11.9. The zero-order chi connectivity index (χ0) is 58.5. The second kappa shape index (κ2) is 21.4. The monoisotopic (exact) mass is 1150 g/mol. The minimum absolute atomic E-state index is 0.0801. The lowest BCUT2D eigenvalue weighted by atomic mass is 9.94. The number of hydrogen-bond acceptors (Lipinski definition) is 14. The van der Waals surface area contributed by atoms with Gasteiger partial charge in [-0.1, -0.05) is 43.2 Å². The molecule has 6 N–H and O–H groups in total. The molecule has 0 saturated carbocycles. The van der Waals surface area contributed by atoms with Gasteiger partial charge in [0.25, 0.3) is 29.2 Å². The van der Waals surface area contributed by atoms with Gasteiger partial charge in [0.15, 0.2) is 17.9 Å². The van der Waals surface area contributed by atoms with Gasteiger partial charge in [0.1, 0.15) is 17.1 Å². The van der Waals surface area contributed by atoms with E-state index in [1.54, 1.807) is 0 Å². The molecule has 430 valence electrons. The summed E-state index contributed by atoms with van der Waals surface area (Å²) in [5.41, 5.74) is -6.21. The summed E-state index contributed by atoms with van der Waals surface area (Å²) in [5.74, 6) is -7.40. The standard InChI is InChI=1S/C48H42F15N11O6/c49-44(50,51)27-19-29(64)34-36-69-70-40(79-36)42(77,47(58,59)60)13-3-1-5-15-72(38(75)32(27)67-34)22-25-9-7-8-24(18-25)12-17-74-41-43(78,48(61,62)63)14-4-2-6-16-73(23-26-10-11-31(66-21-26)46(55,56)57)39(76)33-28(45(52,53)54)20-30(65)35(68-33)37(71-74)80-41/h7-11,18-21,77-78H,1-6,12-17,22-23H2,(H3-,64,65,69,71,75,76)/p+1/t42-,43-/m1/s1. The minimum atomic E-state index is -5.54. The molecule has 5 aromatic heterocycles. The number of halogens is 15. The third-order valence-electron chi connectivity index (χ3n) is 13.2. The van der Waals surface area contributed by atoms with Crippen LogP contribution in [-0.4, -0.2) is 87.5 Å². The largest absolute Gasteiger partial charge is 0.433 e. The number of alkyl halides is 15. The molecule has 80 heavy (non-hydrogen) atoms. The Morgan fingerprint density at radius 3 is 1.62 bits per heavy atom. The first kappa shape index (κ1) is 58.5. The molecule has 6 aromatic rings. The number of rotatable bonds is 7. The number of aryl methyl sites for hydroxylation is 2. The number of nitrogen functional groups attached to an aromatic ring is 2. The molecular formula is C48H43F15N11O6+. The topological polar surface area (TPSA) is 241 Å². The molecule has 0 aliphatic carbocycles. The van der Waals surface area contributed by atoms with Crippen molar-refractivity contribution in [2.75, 3.05) is 24.6 Å². The van der Waals surface area contributed by atoms with E-state index in [2.05, 4.69) is 30.2 Å². The van der Waals surface area contributed by atoms with Crippen LogP contribution in [0.4, 0.5) is 77.2 Å². The fourth-order valence-electron chi connectivity index (χ4n) is 9.02. The lowest BCUT2D eigenvalue weighted by Gasteiger charge is -2.28. The number of nitrogens with zero attached hydrogens (tertiary/aromatic N) is 9. The van der Waals surface area contributed by atoms with Crippen molar-refractivity contribution in [3.05, 3.63) is 111 Å². The van der Waals surface area contributed by atoms with Gasteiger partial charge in [0.2, 0.25) is 5.60 Å². The molecule has 7 heterocycles. The third-order valence-corrected chi connectivity index (χ3v) is 13.2. The van der Waals surface area contributed by atoms with Crippen molar-refractivity contribution in [2.45, 2.75) is 120 Å². The molecule has 0 saturated heterocycles. The molecule has 0 spiro atoms. The van der Waals surface area contributed by atoms with Crippen LogP contribution in [0.25, 0.3) is 23.2 Å². The fourth-order valence-corrected chi connectivity index (χ4v) is 9.02. The summed E-state index contributed by atoms with van der Waals surface area (Å²) in [4.78, 5) is 40.9. The van der Waals surface area contributed by atoms with E-state index < -0.39 is 180 Å². The van der Waals surface area contributed by atoms with Crippen LogP contribution >= 0.6 is 0 Å². The molecule has 2 atom stereocenters. The highest BCUT2D eigenvalue weighted by Gasteiger charge is 2.64. The van der Waals surface area contributed by atoms with Crippen molar-refractivity contribution in [3.63, 3.8) is 0 Å². The van der Waals surface area contributed by atoms with E-state index >= 15 is 13.2 Å². The number of carbonyl (C=O) groups excluding carboxylic acids is 2. The molecule has 17 nitrogen and oxygen atoms in total. The maximum absolute atomic E-state index is 15.2. The van der Waals surface area contributed by atoms with Gasteiger partial charge in [0, 0.05) is 43.9 Å². The van der Waals surface area contributed by atoms with E-state index in [-0.39, 0.29) is 61.3 Å². The maximum Gasteiger partial charge on any atom is 0.433 e. The molecule has 1 aromatic carbocycles. The van der Waals surface area contributed by atoms with Gasteiger partial charge in [-0.25, -0.2) is 9.97 Å². The highest BCUT2D eigenvalue weighted by Crippen LogP contribution is 2.46. The molecule has 0 radical (unpaired) electrons. The van der Waals surface area contributed by atoms with Crippen LogP contribution in [0.15, 0.2) is 63.6 Å². The minimum Gasteiger partial charge on any atom is -0.416 e. The number of hydrogen-bond donors (Lipinski definition) is 4. The summed E-state index contributed by atoms with van der Waals surface area (Å²) in [6.45, 7) is -2.69. The Kier molecular flexibility index (Phi) is 15.7. The Labute approximate surface area is 440 Å². The van der Waals surface area contributed by atoms with Gasteiger partial charge >= 0.3 is 42.7 Å². The first-order valence-electron chi connectivity index (χ1n) is 24.0. The first-order chi connectivity index (χ1) is 37.2. The van der Waals surface area contributed by atoms with E-state index in [0.29, 0.717) is 16.8 Å². The summed E-state index contributed by atoms with van der Waals surface area (Å²) < 4.78 is 227. The van der Waals surface area contributed by atoms with Crippen LogP contribution < -0.4 is 16.1 Å². The van der Waals surface area contributed by atoms with E-state index in [0.717, 1.165) is 22.1 Å². The Bertz CT molecular complexity index is 3270. The fraction of sp³-hybridized carbons (Fsp3) is 0.438. The Hall–Kier alpha value is -7.64. The number of benzene rings is 1. The molecular weight excluding hydrogens is 1110 g/mol. The summed E-state index contributed by atoms with van der Waals surface area (Å²) >= 11 is 0. The number of nitrogens with two attached hydrogens (primary N) is 2. The van der Waals surface area contributed by atoms with Crippen molar-refractivity contribution in [1.29, 1.82) is 0 Å². The van der Waals surface area contributed by atoms with Crippen LogP contribution in [0.5, 0.6) is 0 Å². The lowest BCUT2D eigenvalue weighted by molar-refractivity contribution is -0.768. The molecule has 2 amide bonds. The average molecular weight is 1150 g/mol. The number of pyridine rings is 3. The van der Waals surface area contributed by atoms with Crippen LogP contribution in [-0.2, 0) is 55.8 Å². The van der Waals surface area contributed by atoms with Crippen molar-refractivity contribution < 1.29 is 99.2 Å². The summed E-state index contributed by atoms with van der Waals surface area (Å²) in [6.07, 6.45) is -29.8. The van der Waals surface area contributed by atoms with Gasteiger partial charge in [0.05, 0.1) is 22.5 Å². The normalized spacial score (nSPS) is 19.5. The first-order valence-corrected chi connectivity index (χ1v) is 24.0. The predicted octanol–water partition coefficient (Wildman–Crippen LogP) is 9.26. The van der Waals surface area contributed by atoms with Gasteiger partial charge in [-0.15, -0.1) is 10.2 Å². The molecule has 2 aliphatic heterocycles. The predicted molar refractivity (Wildman–Crippen MR) is 242 cm³/mol. The van der Waals surface area contributed by atoms with Gasteiger partial charge in [-0.2, -0.15) is 65.9 Å². The average Bonchev–Trinajstić information content (AvgIpc) is 4.23. The number of aromatic nitrogens is 7. The maximum atomic E-state index is 15.2. The lowest BCUT2D eigenvalue weighted by Crippen LogP contribution is -2.53. The molecule has 32 heteroatoms. The summed E-state index contributed by atoms with van der Waals surface area (Å²) in [6, 6.07) is 7.63. The van der Waals surface area contributed by atoms with Crippen LogP contribution in [0.3, 0.4) is 0 Å². The molecule has 8 rings (SSSR count). The smallest absolute Gasteiger partial charge is 0.416 e. The van der Waals surface area contributed by atoms with Gasteiger partial charge in [-0.05, 0) is 78.1 Å². The Balaban J connectivity index is 1.14. The number of fused-ring (bicyclic) bond motifs is 10. The van der Waals surface area contributed by atoms with Crippen molar-refractivity contribution in [1.82, 2.24) is 40.0 Å².